The molecule has 0 spiro atoms. The Kier molecular flexibility index (Phi) is 6.59. The van der Waals surface area contributed by atoms with E-state index in [1.807, 2.05) is 0 Å². The lowest BCUT2D eigenvalue weighted by atomic mass is 10.2. The summed E-state index contributed by atoms with van der Waals surface area (Å²) in [5.74, 6) is 1.83. The Morgan fingerprint density at radius 2 is 1.09 bits per heavy atom. The van der Waals surface area contributed by atoms with Gasteiger partial charge in [-0.05, 0) is 35.4 Å². The maximum Gasteiger partial charge on any atom is 0.175 e. The van der Waals surface area contributed by atoms with Gasteiger partial charge in [0.2, 0.25) is 0 Å². The number of nitrogens with zero attached hydrogens (tertiary/aromatic N) is 2. The smallest absolute Gasteiger partial charge is 0.131 e. The average molecular weight is 488 g/mol. The average Bonchev–Trinajstić information content (AvgIpc) is 3.02. The third kappa shape index (κ3) is 5.60. The van der Waals surface area contributed by atoms with Crippen LogP contribution in [0.1, 0.15) is 11.1 Å². The molecule has 0 N–H and O–H groups in total. The first kappa shape index (κ1) is 17.5. The summed E-state index contributed by atoms with van der Waals surface area (Å²) in [6.45, 7) is 0. The molecule has 0 aliphatic rings. The lowest BCUT2D eigenvalue weighted by molar-refractivity contribution is 0.954. The summed E-state index contributed by atoms with van der Waals surface area (Å²) in [7, 11) is 0. The summed E-state index contributed by atoms with van der Waals surface area (Å²) in [5.41, 5.74) is 2.58. The standard InChI is InChI=1S/C16H12Br2N2S3/c17-13-5-1-11(2-6-13)9-21-15-19-20-16(23-15)22-10-12-3-7-14(18)8-4-12/h1-8H,9-10H2. The van der Waals surface area contributed by atoms with Crippen molar-refractivity contribution in [3.63, 3.8) is 0 Å². The van der Waals surface area contributed by atoms with E-state index in [4.69, 9.17) is 0 Å². The molecule has 23 heavy (non-hydrogen) atoms. The second-order valence-electron chi connectivity index (χ2n) is 4.66. The molecule has 0 atom stereocenters. The number of rotatable bonds is 6. The zero-order valence-electron chi connectivity index (χ0n) is 11.9. The Morgan fingerprint density at radius 3 is 1.48 bits per heavy atom. The van der Waals surface area contributed by atoms with Gasteiger partial charge in [0.1, 0.15) is 0 Å². The SMILES string of the molecule is Brc1ccc(CSc2nnc(SCc3ccc(Br)cc3)s2)cc1. The van der Waals surface area contributed by atoms with E-state index in [2.05, 4.69) is 90.6 Å². The van der Waals surface area contributed by atoms with Crippen molar-refractivity contribution in [2.24, 2.45) is 0 Å². The minimum atomic E-state index is 0.916. The highest BCUT2D eigenvalue weighted by atomic mass is 79.9. The summed E-state index contributed by atoms with van der Waals surface area (Å²) in [4.78, 5) is 0. The monoisotopic (exact) mass is 486 g/mol. The topological polar surface area (TPSA) is 25.8 Å². The minimum absolute atomic E-state index is 0.916. The molecular weight excluding hydrogens is 476 g/mol. The van der Waals surface area contributed by atoms with Gasteiger partial charge in [0.15, 0.2) is 8.68 Å². The maximum atomic E-state index is 4.27. The van der Waals surface area contributed by atoms with Crippen molar-refractivity contribution >= 4 is 66.7 Å². The van der Waals surface area contributed by atoms with Gasteiger partial charge >= 0.3 is 0 Å². The summed E-state index contributed by atoms with van der Waals surface area (Å²) in [6, 6.07) is 16.8. The second-order valence-corrected chi connectivity index (χ2v) is 9.92. The van der Waals surface area contributed by atoms with E-state index in [1.165, 1.54) is 11.1 Å². The van der Waals surface area contributed by atoms with E-state index >= 15 is 0 Å². The highest BCUT2D eigenvalue weighted by molar-refractivity contribution is 9.10. The fraction of sp³-hybridized carbons (Fsp3) is 0.125. The molecule has 0 saturated carbocycles. The lowest BCUT2D eigenvalue weighted by Crippen LogP contribution is -1.80. The first-order valence-electron chi connectivity index (χ1n) is 6.77. The van der Waals surface area contributed by atoms with Crippen molar-refractivity contribution in [1.29, 1.82) is 0 Å². The van der Waals surface area contributed by atoms with Crippen molar-refractivity contribution in [3.8, 4) is 0 Å². The molecule has 0 bridgehead atoms. The van der Waals surface area contributed by atoms with Gasteiger partial charge in [0.25, 0.3) is 0 Å². The third-order valence-electron chi connectivity index (χ3n) is 2.94. The van der Waals surface area contributed by atoms with E-state index in [1.54, 1.807) is 34.9 Å². The number of hydrogen-bond donors (Lipinski definition) is 0. The summed E-state index contributed by atoms with van der Waals surface area (Å²) >= 11 is 12.0. The number of benzene rings is 2. The van der Waals surface area contributed by atoms with Crippen LogP contribution in [-0.4, -0.2) is 10.2 Å². The van der Waals surface area contributed by atoms with Crippen LogP contribution in [-0.2, 0) is 11.5 Å². The molecule has 0 unspecified atom stereocenters. The highest BCUT2D eigenvalue weighted by Gasteiger charge is 2.06. The first-order valence-corrected chi connectivity index (χ1v) is 11.1. The predicted octanol–water partition coefficient (Wildman–Crippen LogP) is 6.65. The van der Waals surface area contributed by atoms with Crippen LogP contribution in [0.2, 0.25) is 0 Å². The molecule has 0 aliphatic heterocycles. The Labute approximate surface area is 164 Å². The van der Waals surface area contributed by atoms with Crippen LogP contribution in [0.5, 0.6) is 0 Å². The van der Waals surface area contributed by atoms with Crippen molar-refractivity contribution in [2.45, 2.75) is 20.2 Å². The molecule has 2 aromatic carbocycles. The van der Waals surface area contributed by atoms with Gasteiger partial charge in [-0.2, -0.15) is 0 Å². The van der Waals surface area contributed by atoms with Crippen molar-refractivity contribution < 1.29 is 0 Å². The lowest BCUT2D eigenvalue weighted by Gasteiger charge is -1.99. The summed E-state index contributed by atoms with van der Waals surface area (Å²) in [6.07, 6.45) is 0. The Bertz CT molecular complexity index is 694. The molecule has 0 amide bonds. The van der Waals surface area contributed by atoms with Crippen LogP contribution in [0.3, 0.4) is 0 Å². The molecule has 0 fully saturated rings. The molecule has 0 radical (unpaired) electrons. The van der Waals surface area contributed by atoms with Gasteiger partial charge < -0.3 is 0 Å². The number of halogens is 2. The zero-order chi connectivity index (χ0) is 16.1. The predicted molar refractivity (Wildman–Crippen MR) is 107 cm³/mol. The van der Waals surface area contributed by atoms with Crippen LogP contribution < -0.4 is 0 Å². The molecule has 3 rings (SSSR count). The number of thioether (sulfide) groups is 2. The zero-order valence-corrected chi connectivity index (χ0v) is 17.5. The Hall–Kier alpha value is -0.340. The van der Waals surface area contributed by atoms with Crippen molar-refractivity contribution in [3.05, 3.63) is 68.6 Å². The summed E-state index contributed by atoms with van der Waals surface area (Å²) in [5, 5.41) is 8.54. The van der Waals surface area contributed by atoms with Crippen molar-refractivity contribution in [1.82, 2.24) is 10.2 Å². The molecule has 2 nitrogen and oxygen atoms in total. The van der Waals surface area contributed by atoms with Gasteiger partial charge in [-0.3, -0.25) is 0 Å². The van der Waals surface area contributed by atoms with Crippen LogP contribution in [0, 0.1) is 0 Å². The Balaban J connectivity index is 1.51. The van der Waals surface area contributed by atoms with Crippen LogP contribution in [0.15, 0.2) is 66.2 Å². The van der Waals surface area contributed by atoms with Gasteiger partial charge in [-0.1, -0.05) is 91.0 Å². The fourth-order valence-electron chi connectivity index (χ4n) is 1.77. The second kappa shape index (κ2) is 8.67. The Morgan fingerprint density at radius 1 is 0.696 bits per heavy atom. The van der Waals surface area contributed by atoms with E-state index < -0.39 is 0 Å². The van der Waals surface area contributed by atoms with Gasteiger partial charge in [-0.15, -0.1) is 10.2 Å². The molecule has 7 heteroatoms. The molecular formula is C16H12Br2N2S3. The quantitative estimate of drug-likeness (QED) is 0.363. The van der Waals surface area contributed by atoms with Gasteiger partial charge in [0, 0.05) is 20.5 Å². The highest BCUT2D eigenvalue weighted by Crippen LogP contribution is 2.32. The molecule has 1 heterocycles. The largest absolute Gasteiger partial charge is 0.175 e. The fourth-order valence-corrected chi connectivity index (χ4v) is 5.23. The van der Waals surface area contributed by atoms with E-state index in [9.17, 15) is 0 Å². The molecule has 1 aromatic heterocycles. The van der Waals surface area contributed by atoms with E-state index in [0.717, 1.165) is 29.1 Å². The third-order valence-corrected chi connectivity index (χ3v) is 7.33. The number of hydrogen-bond acceptors (Lipinski definition) is 5. The number of aromatic nitrogens is 2. The van der Waals surface area contributed by atoms with E-state index in [-0.39, 0.29) is 0 Å². The van der Waals surface area contributed by atoms with Crippen LogP contribution in [0.25, 0.3) is 0 Å². The van der Waals surface area contributed by atoms with Crippen molar-refractivity contribution in [2.75, 3.05) is 0 Å². The van der Waals surface area contributed by atoms with Crippen LogP contribution >= 0.6 is 66.7 Å². The molecule has 0 aliphatic carbocycles. The minimum Gasteiger partial charge on any atom is -0.131 e. The molecule has 0 saturated heterocycles. The first-order chi connectivity index (χ1) is 11.2. The maximum absolute atomic E-state index is 4.27. The van der Waals surface area contributed by atoms with Gasteiger partial charge in [-0.25, -0.2) is 0 Å². The molecule has 118 valence electrons. The van der Waals surface area contributed by atoms with Gasteiger partial charge in [0.05, 0.1) is 0 Å². The normalized spacial score (nSPS) is 10.9. The molecule has 3 aromatic rings. The van der Waals surface area contributed by atoms with E-state index in [0.29, 0.717) is 0 Å². The van der Waals surface area contributed by atoms with Crippen LogP contribution in [0.4, 0.5) is 0 Å². The summed E-state index contributed by atoms with van der Waals surface area (Å²) < 4.78 is 4.25.